The molecule has 1 atom stereocenters. The van der Waals surface area contributed by atoms with E-state index in [0.29, 0.717) is 0 Å². The molecule has 0 radical (unpaired) electrons. The van der Waals surface area contributed by atoms with Crippen molar-refractivity contribution in [3.63, 3.8) is 0 Å². The second-order valence-electron chi connectivity index (χ2n) is 5.40. The molecule has 0 spiro atoms. The molecule has 1 aromatic rings. The first-order valence-corrected chi connectivity index (χ1v) is 7.40. The summed E-state index contributed by atoms with van der Waals surface area (Å²) in [5, 5.41) is 0.766. The average molecular weight is 317 g/mol. The molecule has 0 saturated heterocycles. The number of rotatable bonds is 3. The third-order valence-electron chi connectivity index (χ3n) is 3.73. The molecule has 0 amide bonds. The van der Waals surface area contributed by atoms with Crippen LogP contribution in [0.15, 0.2) is 22.7 Å². The van der Waals surface area contributed by atoms with Crippen molar-refractivity contribution >= 4 is 27.5 Å². The van der Waals surface area contributed by atoms with Gasteiger partial charge in [-0.3, -0.25) is 0 Å². The van der Waals surface area contributed by atoms with Crippen LogP contribution in [0.1, 0.15) is 44.6 Å². The molecule has 0 aliphatic heterocycles. The van der Waals surface area contributed by atoms with Gasteiger partial charge in [-0.25, -0.2) is 0 Å². The van der Waals surface area contributed by atoms with E-state index in [1.54, 1.807) is 0 Å². The summed E-state index contributed by atoms with van der Waals surface area (Å²) in [6.07, 6.45) is 6.39. The van der Waals surface area contributed by atoms with E-state index in [4.69, 9.17) is 17.3 Å². The monoisotopic (exact) mass is 315 g/mol. The first-order valence-electron chi connectivity index (χ1n) is 6.23. The van der Waals surface area contributed by atoms with Crippen molar-refractivity contribution < 1.29 is 0 Å². The maximum atomic E-state index is 6.47. The maximum absolute atomic E-state index is 6.47. The molecule has 1 fully saturated rings. The lowest BCUT2D eigenvalue weighted by Crippen LogP contribution is -2.35. The van der Waals surface area contributed by atoms with Gasteiger partial charge in [-0.05, 0) is 37.0 Å². The number of benzene rings is 1. The predicted octanol–water partition coefficient (Wildman–Crippen LogP) is 4.86. The third-order valence-corrected chi connectivity index (χ3v) is 4.54. The molecule has 1 aromatic carbocycles. The molecule has 2 rings (SSSR count). The van der Waals surface area contributed by atoms with Crippen LogP contribution in [-0.4, -0.2) is 0 Å². The SMILES string of the molecule is CC(N)(CC1CCCC1)c1ccc(Br)cc1Cl. The summed E-state index contributed by atoms with van der Waals surface area (Å²) in [5.41, 5.74) is 7.22. The van der Waals surface area contributed by atoms with Crippen molar-refractivity contribution in [3.8, 4) is 0 Å². The van der Waals surface area contributed by atoms with Gasteiger partial charge in [-0.2, -0.15) is 0 Å². The summed E-state index contributed by atoms with van der Waals surface area (Å²) in [5.74, 6) is 0.768. The Morgan fingerprint density at radius 2 is 2.06 bits per heavy atom. The van der Waals surface area contributed by atoms with E-state index < -0.39 is 0 Å². The van der Waals surface area contributed by atoms with Gasteiger partial charge in [0.1, 0.15) is 0 Å². The van der Waals surface area contributed by atoms with Gasteiger partial charge in [-0.15, -0.1) is 0 Å². The predicted molar refractivity (Wildman–Crippen MR) is 77.3 cm³/mol. The zero-order valence-electron chi connectivity index (χ0n) is 10.2. The van der Waals surface area contributed by atoms with Crippen LogP contribution in [-0.2, 0) is 5.54 Å². The first kappa shape index (κ1) is 13.4. The lowest BCUT2D eigenvalue weighted by Gasteiger charge is -2.29. The highest BCUT2D eigenvalue weighted by atomic mass is 79.9. The fraction of sp³-hybridized carbons (Fsp3) is 0.571. The van der Waals surface area contributed by atoms with Crippen LogP contribution in [0.4, 0.5) is 0 Å². The minimum Gasteiger partial charge on any atom is -0.322 e. The molecule has 1 aliphatic rings. The number of hydrogen-bond acceptors (Lipinski definition) is 1. The van der Waals surface area contributed by atoms with Crippen molar-refractivity contribution in [1.82, 2.24) is 0 Å². The van der Waals surface area contributed by atoms with Crippen LogP contribution in [0.5, 0.6) is 0 Å². The average Bonchev–Trinajstić information content (AvgIpc) is 2.68. The van der Waals surface area contributed by atoms with Crippen molar-refractivity contribution in [2.24, 2.45) is 11.7 Å². The smallest absolute Gasteiger partial charge is 0.0467 e. The van der Waals surface area contributed by atoms with Crippen molar-refractivity contribution in [2.75, 3.05) is 0 Å². The largest absolute Gasteiger partial charge is 0.322 e. The van der Waals surface area contributed by atoms with Crippen LogP contribution < -0.4 is 5.73 Å². The Bertz CT molecular complexity index is 397. The van der Waals surface area contributed by atoms with Crippen molar-refractivity contribution in [2.45, 2.75) is 44.6 Å². The maximum Gasteiger partial charge on any atom is 0.0467 e. The molecule has 0 aromatic heterocycles. The fourth-order valence-corrected chi connectivity index (χ4v) is 3.77. The molecule has 94 valence electrons. The Labute approximate surface area is 117 Å². The third kappa shape index (κ3) is 3.24. The molecule has 2 N–H and O–H groups in total. The van der Waals surface area contributed by atoms with Crippen molar-refractivity contribution in [1.29, 1.82) is 0 Å². The standard InChI is InChI=1S/C14H19BrClN/c1-14(17,9-10-4-2-3-5-10)12-7-6-11(15)8-13(12)16/h6-8,10H,2-5,9,17H2,1H3. The molecule has 1 aliphatic carbocycles. The Balaban J connectivity index is 2.17. The number of nitrogens with two attached hydrogens (primary N) is 1. The van der Waals surface area contributed by atoms with Crippen LogP contribution in [0, 0.1) is 5.92 Å². The first-order chi connectivity index (χ1) is 7.99. The minimum atomic E-state index is -0.313. The van der Waals surface area contributed by atoms with Gasteiger partial charge in [0.25, 0.3) is 0 Å². The highest BCUT2D eigenvalue weighted by Crippen LogP contribution is 2.37. The van der Waals surface area contributed by atoms with E-state index >= 15 is 0 Å². The zero-order valence-corrected chi connectivity index (χ0v) is 12.5. The van der Waals surface area contributed by atoms with E-state index in [9.17, 15) is 0 Å². The van der Waals surface area contributed by atoms with E-state index in [1.165, 1.54) is 25.7 Å². The second kappa shape index (κ2) is 5.29. The normalized spacial score (nSPS) is 20.5. The molecule has 0 bridgehead atoms. The van der Waals surface area contributed by atoms with E-state index in [-0.39, 0.29) is 5.54 Å². The Morgan fingerprint density at radius 1 is 1.41 bits per heavy atom. The Morgan fingerprint density at radius 3 is 2.65 bits per heavy atom. The van der Waals surface area contributed by atoms with Gasteiger partial charge >= 0.3 is 0 Å². The van der Waals surface area contributed by atoms with Crippen LogP contribution in [0.25, 0.3) is 0 Å². The second-order valence-corrected chi connectivity index (χ2v) is 6.72. The molecule has 3 heteroatoms. The van der Waals surface area contributed by atoms with Gasteiger partial charge in [-0.1, -0.05) is 59.3 Å². The molecular formula is C14H19BrClN. The lowest BCUT2D eigenvalue weighted by atomic mass is 9.83. The molecule has 0 heterocycles. The molecule has 1 nitrogen and oxygen atoms in total. The summed E-state index contributed by atoms with van der Waals surface area (Å²) < 4.78 is 1.00. The lowest BCUT2D eigenvalue weighted by molar-refractivity contribution is 0.349. The molecule has 1 saturated carbocycles. The molecule has 1 unspecified atom stereocenters. The van der Waals surface area contributed by atoms with Gasteiger partial charge in [0.05, 0.1) is 0 Å². The van der Waals surface area contributed by atoms with Crippen molar-refractivity contribution in [3.05, 3.63) is 33.3 Å². The highest BCUT2D eigenvalue weighted by molar-refractivity contribution is 9.10. The molecular weight excluding hydrogens is 298 g/mol. The summed E-state index contributed by atoms with van der Waals surface area (Å²) in [6, 6.07) is 5.99. The quantitative estimate of drug-likeness (QED) is 0.847. The fourth-order valence-electron chi connectivity index (χ4n) is 2.88. The van der Waals surface area contributed by atoms with E-state index in [1.807, 2.05) is 18.2 Å². The van der Waals surface area contributed by atoms with Gasteiger partial charge in [0.15, 0.2) is 0 Å². The van der Waals surface area contributed by atoms with Gasteiger partial charge < -0.3 is 5.73 Å². The van der Waals surface area contributed by atoms with Crippen LogP contribution >= 0.6 is 27.5 Å². The highest BCUT2D eigenvalue weighted by Gasteiger charge is 2.29. The van der Waals surface area contributed by atoms with Gasteiger partial charge in [0, 0.05) is 15.0 Å². The number of hydrogen-bond donors (Lipinski definition) is 1. The molecule has 17 heavy (non-hydrogen) atoms. The Hall–Kier alpha value is -0.0500. The summed E-state index contributed by atoms with van der Waals surface area (Å²) >= 11 is 9.72. The van der Waals surface area contributed by atoms with Crippen LogP contribution in [0.2, 0.25) is 5.02 Å². The minimum absolute atomic E-state index is 0.313. The van der Waals surface area contributed by atoms with Crippen LogP contribution in [0.3, 0.4) is 0 Å². The zero-order chi connectivity index (χ0) is 12.5. The number of halogens is 2. The Kier molecular flexibility index (Phi) is 4.17. The topological polar surface area (TPSA) is 26.0 Å². The summed E-state index contributed by atoms with van der Waals surface area (Å²) in [4.78, 5) is 0. The van der Waals surface area contributed by atoms with Gasteiger partial charge in [0.2, 0.25) is 0 Å². The van der Waals surface area contributed by atoms with E-state index in [2.05, 4.69) is 22.9 Å². The van der Waals surface area contributed by atoms with E-state index in [0.717, 1.165) is 27.4 Å². The summed E-state index contributed by atoms with van der Waals surface area (Å²) in [6.45, 7) is 2.10. The summed E-state index contributed by atoms with van der Waals surface area (Å²) in [7, 11) is 0.